The fraction of sp³-hybridized carbons (Fsp3) is 0.571. The van der Waals surface area contributed by atoms with Crippen molar-refractivity contribution >= 4 is 0 Å². The Kier molecular flexibility index (Phi) is 2.49. The molecule has 1 unspecified atom stereocenters. The van der Waals surface area contributed by atoms with Crippen molar-refractivity contribution in [2.24, 2.45) is 0 Å². The molecule has 1 saturated carbocycles. The van der Waals surface area contributed by atoms with E-state index in [1.807, 2.05) is 0 Å². The van der Waals surface area contributed by atoms with Gasteiger partial charge in [0.15, 0.2) is 0 Å². The van der Waals surface area contributed by atoms with Crippen molar-refractivity contribution in [3.63, 3.8) is 0 Å². The van der Waals surface area contributed by atoms with Crippen LogP contribution in [0.3, 0.4) is 0 Å². The maximum Gasteiger partial charge on any atom is 0.0438 e. The molecule has 3 rings (SSSR count). The Morgan fingerprint density at radius 2 is 2.25 bits per heavy atom. The zero-order chi connectivity index (χ0) is 11.0. The van der Waals surface area contributed by atoms with E-state index in [9.17, 15) is 0 Å². The van der Waals surface area contributed by atoms with Gasteiger partial charge in [-0.2, -0.15) is 0 Å². The summed E-state index contributed by atoms with van der Waals surface area (Å²) in [7, 11) is 0. The quantitative estimate of drug-likeness (QED) is 0.807. The Morgan fingerprint density at radius 3 is 2.88 bits per heavy atom. The zero-order valence-electron chi connectivity index (χ0n) is 9.92. The highest BCUT2D eigenvalue weighted by atomic mass is 15.1. The molecule has 1 aromatic carbocycles. The molecule has 0 spiro atoms. The fourth-order valence-electron chi connectivity index (χ4n) is 2.75. The van der Waals surface area contributed by atoms with Crippen molar-refractivity contribution < 1.29 is 0 Å². The van der Waals surface area contributed by atoms with Gasteiger partial charge in [0.1, 0.15) is 0 Å². The lowest BCUT2D eigenvalue weighted by Crippen LogP contribution is -2.39. The Hall–Kier alpha value is -0.860. The van der Waals surface area contributed by atoms with E-state index in [1.165, 1.54) is 36.9 Å². The summed E-state index contributed by atoms with van der Waals surface area (Å²) >= 11 is 0. The van der Waals surface area contributed by atoms with Crippen LogP contribution in [0, 0.1) is 6.92 Å². The van der Waals surface area contributed by atoms with Gasteiger partial charge < -0.3 is 10.6 Å². The lowest BCUT2D eigenvalue weighted by atomic mass is 10.0. The van der Waals surface area contributed by atoms with Crippen LogP contribution in [-0.2, 0) is 5.54 Å². The summed E-state index contributed by atoms with van der Waals surface area (Å²) in [4.78, 5) is 0. The van der Waals surface area contributed by atoms with Crippen molar-refractivity contribution in [1.82, 2.24) is 10.6 Å². The van der Waals surface area contributed by atoms with E-state index in [0.29, 0.717) is 11.6 Å². The largest absolute Gasteiger partial charge is 0.315 e. The highest BCUT2D eigenvalue weighted by molar-refractivity contribution is 5.33. The van der Waals surface area contributed by atoms with E-state index in [0.717, 1.165) is 6.54 Å². The minimum absolute atomic E-state index is 0.308. The fourth-order valence-corrected chi connectivity index (χ4v) is 2.75. The van der Waals surface area contributed by atoms with E-state index in [4.69, 9.17) is 0 Å². The Labute approximate surface area is 97.4 Å². The first-order valence-corrected chi connectivity index (χ1v) is 6.34. The average Bonchev–Trinajstić information content (AvgIpc) is 2.87. The predicted octanol–water partition coefficient (Wildman–Crippen LogP) is 1.94. The molecule has 0 radical (unpaired) electrons. The van der Waals surface area contributed by atoms with E-state index >= 15 is 0 Å². The second kappa shape index (κ2) is 3.86. The number of benzene rings is 1. The molecule has 1 saturated heterocycles. The van der Waals surface area contributed by atoms with Gasteiger partial charge >= 0.3 is 0 Å². The molecule has 2 aliphatic rings. The molecule has 1 aliphatic carbocycles. The zero-order valence-corrected chi connectivity index (χ0v) is 9.92. The molecule has 0 bridgehead atoms. The minimum Gasteiger partial charge on any atom is -0.315 e. The van der Waals surface area contributed by atoms with Crippen LogP contribution >= 0.6 is 0 Å². The second-order valence-corrected chi connectivity index (χ2v) is 5.29. The molecule has 2 fully saturated rings. The molecule has 1 heterocycles. The van der Waals surface area contributed by atoms with Crippen LogP contribution in [0.2, 0.25) is 0 Å². The van der Waals surface area contributed by atoms with Crippen LogP contribution in [0.5, 0.6) is 0 Å². The predicted molar refractivity (Wildman–Crippen MR) is 66.5 cm³/mol. The smallest absolute Gasteiger partial charge is 0.0438 e. The summed E-state index contributed by atoms with van der Waals surface area (Å²) in [5.41, 5.74) is 3.16. The highest BCUT2D eigenvalue weighted by Gasteiger charge is 2.45. The van der Waals surface area contributed by atoms with E-state index in [1.54, 1.807) is 0 Å². The Balaban J connectivity index is 1.77. The van der Waals surface area contributed by atoms with Crippen LogP contribution in [0.15, 0.2) is 24.3 Å². The van der Waals surface area contributed by atoms with Crippen molar-refractivity contribution in [2.45, 2.75) is 37.8 Å². The summed E-state index contributed by atoms with van der Waals surface area (Å²) < 4.78 is 0. The third-order valence-corrected chi connectivity index (χ3v) is 3.86. The van der Waals surface area contributed by atoms with Crippen LogP contribution in [0.4, 0.5) is 0 Å². The van der Waals surface area contributed by atoms with Crippen LogP contribution in [0.1, 0.15) is 30.4 Å². The topological polar surface area (TPSA) is 24.1 Å². The third-order valence-electron chi connectivity index (χ3n) is 3.86. The molecule has 1 atom stereocenters. The summed E-state index contributed by atoms with van der Waals surface area (Å²) in [6, 6.07) is 9.64. The van der Waals surface area contributed by atoms with Crippen molar-refractivity contribution in [3.05, 3.63) is 35.4 Å². The van der Waals surface area contributed by atoms with Gasteiger partial charge in [-0.25, -0.2) is 0 Å². The SMILES string of the molecule is Cc1cccc(C2(NC3CCNC3)CC2)c1. The third kappa shape index (κ3) is 1.87. The van der Waals surface area contributed by atoms with Crippen molar-refractivity contribution in [3.8, 4) is 0 Å². The molecule has 2 nitrogen and oxygen atoms in total. The molecule has 0 aromatic heterocycles. The molecule has 1 aromatic rings. The molecule has 16 heavy (non-hydrogen) atoms. The van der Waals surface area contributed by atoms with E-state index in [2.05, 4.69) is 41.8 Å². The van der Waals surface area contributed by atoms with Crippen LogP contribution in [0.25, 0.3) is 0 Å². The standard InChI is InChI=1S/C14H20N2/c1-11-3-2-4-12(9-11)14(6-7-14)16-13-5-8-15-10-13/h2-4,9,13,15-16H,5-8,10H2,1H3. The maximum atomic E-state index is 3.85. The first-order chi connectivity index (χ1) is 7.78. The Morgan fingerprint density at radius 1 is 1.38 bits per heavy atom. The van der Waals surface area contributed by atoms with Gasteiger partial charge in [-0.05, 0) is 38.3 Å². The summed E-state index contributed by atoms with van der Waals surface area (Å²) in [6.07, 6.45) is 3.87. The van der Waals surface area contributed by atoms with Crippen molar-refractivity contribution in [2.75, 3.05) is 13.1 Å². The van der Waals surface area contributed by atoms with Gasteiger partial charge in [0.2, 0.25) is 0 Å². The molecular formula is C14H20N2. The summed E-state index contributed by atoms with van der Waals surface area (Å²) in [5.74, 6) is 0. The number of rotatable bonds is 3. The molecule has 2 heteroatoms. The summed E-state index contributed by atoms with van der Waals surface area (Å²) in [6.45, 7) is 4.48. The van der Waals surface area contributed by atoms with E-state index in [-0.39, 0.29) is 0 Å². The number of hydrogen-bond donors (Lipinski definition) is 2. The first kappa shape index (κ1) is 10.3. The lowest BCUT2D eigenvalue weighted by Gasteiger charge is -2.22. The van der Waals surface area contributed by atoms with Gasteiger partial charge in [-0.3, -0.25) is 0 Å². The van der Waals surface area contributed by atoms with E-state index < -0.39 is 0 Å². The second-order valence-electron chi connectivity index (χ2n) is 5.29. The normalized spacial score (nSPS) is 26.9. The number of hydrogen-bond acceptors (Lipinski definition) is 2. The molecule has 86 valence electrons. The number of aryl methyl sites for hydroxylation is 1. The monoisotopic (exact) mass is 216 g/mol. The van der Waals surface area contributed by atoms with Gasteiger partial charge in [-0.15, -0.1) is 0 Å². The van der Waals surface area contributed by atoms with Gasteiger partial charge in [-0.1, -0.05) is 29.8 Å². The van der Waals surface area contributed by atoms with Crippen LogP contribution < -0.4 is 10.6 Å². The van der Waals surface area contributed by atoms with Gasteiger partial charge in [0.25, 0.3) is 0 Å². The molecule has 0 amide bonds. The molecule has 2 N–H and O–H groups in total. The summed E-state index contributed by atoms with van der Waals surface area (Å²) in [5, 5.41) is 7.27. The van der Waals surface area contributed by atoms with Crippen LogP contribution in [-0.4, -0.2) is 19.1 Å². The molecule has 1 aliphatic heterocycles. The highest BCUT2D eigenvalue weighted by Crippen LogP contribution is 2.46. The van der Waals surface area contributed by atoms with Crippen molar-refractivity contribution in [1.29, 1.82) is 0 Å². The lowest BCUT2D eigenvalue weighted by molar-refractivity contribution is 0.438. The Bertz CT molecular complexity index is 376. The first-order valence-electron chi connectivity index (χ1n) is 6.34. The molecular weight excluding hydrogens is 196 g/mol. The maximum absolute atomic E-state index is 3.85. The van der Waals surface area contributed by atoms with Gasteiger partial charge in [0.05, 0.1) is 0 Å². The average molecular weight is 216 g/mol. The number of nitrogens with one attached hydrogen (secondary N) is 2. The van der Waals surface area contributed by atoms with Gasteiger partial charge in [0, 0.05) is 18.1 Å². The minimum atomic E-state index is 0.308.